The SMILES string of the molecule is CN(Cc1sccc1C1=CCOCC1)C(=O)OC(C)(C)C. The molecule has 5 heteroatoms. The molecule has 0 fully saturated rings. The van der Waals surface area contributed by atoms with Crippen molar-refractivity contribution in [3.63, 3.8) is 0 Å². The van der Waals surface area contributed by atoms with Gasteiger partial charge in [-0.2, -0.15) is 0 Å². The number of carbonyl (C=O) groups excluding carboxylic acids is 1. The molecule has 0 saturated carbocycles. The molecule has 0 bridgehead atoms. The van der Waals surface area contributed by atoms with Gasteiger partial charge in [0, 0.05) is 11.9 Å². The van der Waals surface area contributed by atoms with Crippen molar-refractivity contribution >= 4 is 23.0 Å². The molecule has 2 heterocycles. The molecule has 0 unspecified atom stereocenters. The topological polar surface area (TPSA) is 38.8 Å². The van der Waals surface area contributed by atoms with E-state index in [0.29, 0.717) is 13.2 Å². The zero-order valence-corrected chi connectivity index (χ0v) is 14.0. The van der Waals surface area contributed by atoms with Gasteiger partial charge in [-0.3, -0.25) is 0 Å². The molecule has 1 aliphatic rings. The van der Waals surface area contributed by atoms with Crippen LogP contribution >= 0.6 is 11.3 Å². The van der Waals surface area contributed by atoms with Crippen molar-refractivity contribution in [3.8, 4) is 0 Å². The van der Waals surface area contributed by atoms with Crippen molar-refractivity contribution in [1.29, 1.82) is 0 Å². The number of thiophene rings is 1. The molecule has 0 aliphatic carbocycles. The first-order chi connectivity index (χ1) is 9.87. The van der Waals surface area contributed by atoms with Crippen LogP contribution in [0.2, 0.25) is 0 Å². The Labute approximate surface area is 130 Å². The van der Waals surface area contributed by atoms with Crippen LogP contribution in [0.15, 0.2) is 17.5 Å². The van der Waals surface area contributed by atoms with Gasteiger partial charge in [-0.05, 0) is 49.8 Å². The maximum Gasteiger partial charge on any atom is 0.410 e. The molecule has 1 aromatic heterocycles. The first-order valence-corrected chi connectivity index (χ1v) is 8.02. The van der Waals surface area contributed by atoms with Gasteiger partial charge < -0.3 is 14.4 Å². The second-order valence-electron chi connectivity index (χ2n) is 6.15. The van der Waals surface area contributed by atoms with Gasteiger partial charge in [0.05, 0.1) is 19.8 Å². The Balaban J connectivity index is 2.05. The van der Waals surface area contributed by atoms with Gasteiger partial charge in [-0.15, -0.1) is 11.3 Å². The van der Waals surface area contributed by atoms with Crippen LogP contribution in [0.1, 0.15) is 37.6 Å². The van der Waals surface area contributed by atoms with Crippen LogP contribution in [0, 0.1) is 0 Å². The van der Waals surface area contributed by atoms with Gasteiger partial charge in [0.1, 0.15) is 5.60 Å². The van der Waals surface area contributed by atoms with Crippen molar-refractivity contribution in [2.75, 3.05) is 20.3 Å². The van der Waals surface area contributed by atoms with Gasteiger partial charge in [0.15, 0.2) is 0 Å². The Morgan fingerprint density at radius 3 is 2.86 bits per heavy atom. The third-order valence-electron chi connectivity index (χ3n) is 3.14. The van der Waals surface area contributed by atoms with E-state index in [9.17, 15) is 4.79 Å². The van der Waals surface area contributed by atoms with Gasteiger partial charge >= 0.3 is 6.09 Å². The van der Waals surface area contributed by atoms with Crippen molar-refractivity contribution in [2.24, 2.45) is 0 Å². The quantitative estimate of drug-likeness (QED) is 0.849. The summed E-state index contributed by atoms with van der Waals surface area (Å²) in [4.78, 5) is 14.9. The lowest BCUT2D eigenvalue weighted by atomic mass is 10.0. The van der Waals surface area contributed by atoms with Gasteiger partial charge in [0.2, 0.25) is 0 Å². The van der Waals surface area contributed by atoms with E-state index < -0.39 is 5.60 Å². The Bertz CT molecular complexity index is 528. The lowest BCUT2D eigenvalue weighted by Gasteiger charge is -2.25. The molecule has 2 rings (SSSR count). The average molecular weight is 309 g/mol. The zero-order chi connectivity index (χ0) is 15.5. The van der Waals surface area contributed by atoms with Crippen molar-refractivity contribution in [3.05, 3.63) is 28.0 Å². The van der Waals surface area contributed by atoms with Crippen LogP contribution in [0.25, 0.3) is 5.57 Å². The smallest absolute Gasteiger partial charge is 0.410 e. The van der Waals surface area contributed by atoms with E-state index in [4.69, 9.17) is 9.47 Å². The van der Waals surface area contributed by atoms with Crippen LogP contribution in [-0.2, 0) is 16.0 Å². The Kier molecular flexibility index (Phi) is 5.06. The molecule has 0 N–H and O–H groups in total. The van der Waals surface area contributed by atoms with Crippen molar-refractivity contribution in [2.45, 2.75) is 39.3 Å². The lowest BCUT2D eigenvalue weighted by molar-refractivity contribution is 0.0286. The van der Waals surface area contributed by atoms with E-state index in [-0.39, 0.29) is 6.09 Å². The summed E-state index contributed by atoms with van der Waals surface area (Å²) in [7, 11) is 1.77. The number of hydrogen-bond acceptors (Lipinski definition) is 4. The van der Waals surface area contributed by atoms with Crippen molar-refractivity contribution in [1.82, 2.24) is 4.90 Å². The number of carbonyl (C=O) groups is 1. The Morgan fingerprint density at radius 1 is 1.48 bits per heavy atom. The first-order valence-electron chi connectivity index (χ1n) is 7.14. The van der Waals surface area contributed by atoms with Crippen LogP contribution < -0.4 is 0 Å². The molecule has 0 atom stereocenters. The second kappa shape index (κ2) is 6.62. The highest BCUT2D eigenvalue weighted by Crippen LogP contribution is 2.29. The molecular formula is C16H23NO3S. The first kappa shape index (κ1) is 16.0. The summed E-state index contributed by atoms with van der Waals surface area (Å²) in [6.45, 7) is 7.64. The predicted molar refractivity (Wildman–Crippen MR) is 85.4 cm³/mol. The number of amides is 1. The van der Waals surface area contributed by atoms with E-state index >= 15 is 0 Å². The van der Waals surface area contributed by atoms with Crippen LogP contribution in [0.5, 0.6) is 0 Å². The number of hydrogen-bond donors (Lipinski definition) is 0. The maximum absolute atomic E-state index is 12.0. The van der Waals surface area contributed by atoms with Crippen LogP contribution in [0.4, 0.5) is 4.79 Å². The summed E-state index contributed by atoms with van der Waals surface area (Å²) in [5, 5.41) is 2.07. The Morgan fingerprint density at radius 2 is 2.24 bits per heavy atom. The molecule has 21 heavy (non-hydrogen) atoms. The maximum atomic E-state index is 12.0. The predicted octanol–water partition coefficient (Wildman–Crippen LogP) is 3.92. The number of nitrogens with zero attached hydrogens (tertiary/aromatic N) is 1. The molecule has 1 aliphatic heterocycles. The van der Waals surface area contributed by atoms with E-state index in [0.717, 1.165) is 13.0 Å². The molecule has 0 saturated heterocycles. The Hall–Kier alpha value is -1.33. The van der Waals surface area contributed by atoms with Gasteiger partial charge in [0.25, 0.3) is 0 Å². The molecule has 4 nitrogen and oxygen atoms in total. The largest absolute Gasteiger partial charge is 0.444 e. The molecular weight excluding hydrogens is 286 g/mol. The van der Waals surface area contributed by atoms with E-state index in [2.05, 4.69) is 17.5 Å². The summed E-state index contributed by atoms with van der Waals surface area (Å²) in [6.07, 6.45) is 2.77. The fraction of sp³-hybridized carbons (Fsp3) is 0.562. The normalized spacial score (nSPS) is 15.5. The zero-order valence-electron chi connectivity index (χ0n) is 13.1. The molecule has 0 aromatic carbocycles. The minimum Gasteiger partial charge on any atom is -0.444 e. The van der Waals surface area contributed by atoms with Crippen molar-refractivity contribution < 1.29 is 14.3 Å². The summed E-state index contributed by atoms with van der Waals surface area (Å²) in [5.74, 6) is 0. The van der Waals surface area contributed by atoms with Crippen LogP contribution in [0.3, 0.4) is 0 Å². The highest BCUT2D eigenvalue weighted by molar-refractivity contribution is 7.10. The second-order valence-corrected chi connectivity index (χ2v) is 7.15. The molecule has 1 aromatic rings. The third-order valence-corrected chi connectivity index (χ3v) is 4.05. The summed E-state index contributed by atoms with van der Waals surface area (Å²) in [6, 6.07) is 2.13. The fourth-order valence-corrected chi connectivity index (χ4v) is 3.10. The monoisotopic (exact) mass is 309 g/mol. The van der Waals surface area contributed by atoms with E-state index in [1.54, 1.807) is 23.3 Å². The van der Waals surface area contributed by atoms with E-state index in [1.807, 2.05) is 20.8 Å². The number of ether oxygens (including phenoxy) is 2. The summed E-state index contributed by atoms with van der Waals surface area (Å²) in [5.41, 5.74) is 2.08. The van der Waals surface area contributed by atoms with Gasteiger partial charge in [-0.25, -0.2) is 4.79 Å². The third kappa shape index (κ3) is 4.58. The molecule has 116 valence electrons. The standard InChI is InChI=1S/C16H23NO3S/c1-16(2,3)20-15(18)17(4)11-14-13(7-10-21-14)12-5-8-19-9-6-12/h5,7,10H,6,8-9,11H2,1-4H3. The summed E-state index contributed by atoms with van der Waals surface area (Å²) < 4.78 is 10.7. The lowest BCUT2D eigenvalue weighted by Crippen LogP contribution is -2.33. The molecule has 0 radical (unpaired) electrons. The number of rotatable bonds is 3. The highest BCUT2D eigenvalue weighted by Gasteiger charge is 2.21. The molecule has 0 spiro atoms. The highest BCUT2D eigenvalue weighted by atomic mass is 32.1. The fourth-order valence-electron chi connectivity index (χ4n) is 2.14. The van der Waals surface area contributed by atoms with Gasteiger partial charge in [-0.1, -0.05) is 6.08 Å². The summed E-state index contributed by atoms with van der Waals surface area (Å²) >= 11 is 1.68. The molecule has 1 amide bonds. The minimum atomic E-state index is -0.465. The minimum absolute atomic E-state index is 0.289. The van der Waals surface area contributed by atoms with E-state index in [1.165, 1.54) is 16.0 Å². The average Bonchev–Trinajstić information content (AvgIpc) is 2.86. The van der Waals surface area contributed by atoms with Crippen LogP contribution in [-0.4, -0.2) is 36.9 Å².